The third kappa shape index (κ3) is 4.52. The van der Waals surface area contributed by atoms with E-state index in [-0.39, 0.29) is 22.6 Å². The fraction of sp³-hybridized carbons (Fsp3) is 0.611. The minimum absolute atomic E-state index is 0.155. The molecular formula is C18H28N2O4S. The second-order valence-electron chi connectivity index (χ2n) is 6.78. The van der Waals surface area contributed by atoms with Crippen molar-refractivity contribution < 1.29 is 17.9 Å². The van der Waals surface area contributed by atoms with Crippen molar-refractivity contribution in [3.63, 3.8) is 0 Å². The zero-order chi connectivity index (χ0) is 18.6. The Labute approximate surface area is 150 Å². The molecular weight excluding hydrogens is 340 g/mol. The van der Waals surface area contributed by atoms with Crippen LogP contribution in [0.15, 0.2) is 23.1 Å². The molecule has 7 heteroatoms. The first kappa shape index (κ1) is 19.7. The van der Waals surface area contributed by atoms with Gasteiger partial charge >= 0.3 is 0 Å². The molecule has 1 aromatic rings. The summed E-state index contributed by atoms with van der Waals surface area (Å²) in [5.41, 5.74) is 6.21. The molecule has 2 N–H and O–H groups in total. The number of piperidine rings is 1. The van der Waals surface area contributed by atoms with E-state index in [1.54, 1.807) is 18.2 Å². The van der Waals surface area contributed by atoms with Crippen LogP contribution >= 0.6 is 0 Å². The lowest BCUT2D eigenvalue weighted by Crippen LogP contribution is -2.41. The van der Waals surface area contributed by atoms with Crippen molar-refractivity contribution in [2.45, 2.75) is 50.8 Å². The molecule has 140 valence electrons. The van der Waals surface area contributed by atoms with Crippen LogP contribution in [0.1, 0.15) is 51.5 Å². The van der Waals surface area contributed by atoms with Crippen LogP contribution in [-0.2, 0) is 14.8 Å². The molecule has 2 rings (SSSR count). The Morgan fingerprint density at radius 1 is 1.32 bits per heavy atom. The number of benzene rings is 1. The summed E-state index contributed by atoms with van der Waals surface area (Å²) in [5, 5.41) is 0. The lowest BCUT2D eigenvalue weighted by atomic mass is 9.98. The number of carbonyl (C=O) groups is 1. The molecule has 1 saturated heterocycles. The standard InChI is InChI=1S/C18H28N2O4S/c1-4-11-24-17-6-5-15(12-16(17)13(2)3)25(22,23)20-9-7-14(8-10-20)18(19)21/h5-6,12-14H,4,7-11H2,1-3H3,(H2,19,21). The fourth-order valence-corrected chi connectivity index (χ4v) is 4.52. The van der Waals surface area contributed by atoms with Crippen molar-refractivity contribution in [1.82, 2.24) is 4.31 Å². The van der Waals surface area contributed by atoms with E-state index in [9.17, 15) is 13.2 Å². The highest BCUT2D eigenvalue weighted by molar-refractivity contribution is 7.89. The maximum Gasteiger partial charge on any atom is 0.243 e. The first-order valence-electron chi connectivity index (χ1n) is 8.83. The van der Waals surface area contributed by atoms with Crippen molar-refractivity contribution in [2.24, 2.45) is 11.7 Å². The summed E-state index contributed by atoms with van der Waals surface area (Å²) < 4.78 is 33.0. The summed E-state index contributed by atoms with van der Waals surface area (Å²) in [6.07, 6.45) is 1.85. The number of primary amides is 1. The molecule has 0 radical (unpaired) electrons. The van der Waals surface area contributed by atoms with Gasteiger partial charge in [0, 0.05) is 19.0 Å². The monoisotopic (exact) mass is 368 g/mol. The predicted molar refractivity (Wildman–Crippen MR) is 97.0 cm³/mol. The van der Waals surface area contributed by atoms with Crippen LogP contribution in [-0.4, -0.2) is 38.3 Å². The minimum Gasteiger partial charge on any atom is -0.493 e. The van der Waals surface area contributed by atoms with E-state index in [0.29, 0.717) is 32.5 Å². The van der Waals surface area contributed by atoms with Gasteiger partial charge in [-0.1, -0.05) is 20.8 Å². The van der Waals surface area contributed by atoms with Gasteiger partial charge in [-0.15, -0.1) is 0 Å². The molecule has 0 bridgehead atoms. The SMILES string of the molecule is CCCOc1ccc(S(=O)(=O)N2CCC(C(N)=O)CC2)cc1C(C)C. The van der Waals surface area contributed by atoms with Crippen LogP contribution in [0.5, 0.6) is 5.75 Å². The fourth-order valence-electron chi connectivity index (χ4n) is 3.01. The Bertz CT molecular complexity index is 708. The van der Waals surface area contributed by atoms with E-state index < -0.39 is 10.0 Å². The first-order valence-corrected chi connectivity index (χ1v) is 10.3. The molecule has 1 aliphatic heterocycles. The van der Waals surface area contributed by atoms with Crippen LogP contribution in [0.2, 0.25) is 0 Å². The van der Waals surface area contributed by atoms with Gasteiger partial charge in [0.2, 0.25) is 15.9 Å². The summed E-state index contributed by atoms with van der Waals surface area (Å²) >= 11 is 0. The van der Waals surface area contributed by atoms with Crippen molar-refractivity contribution in [3.8, 4) is 5.75 Å². The topological polar surface area (TPSA) is 89.7 Å². The van der Waals surface area contributed by atoms with Crippen molar-refractivity contribution in [3.05, 3.63) is 23.8 Å². The Morgan fingerprint density at radius 2 is 1.96 bits per heavy atom. The largest absolute Gasteiger partial charge is 0.493 e. The molecule has 1 amide bonds. The Kier molecular flexibility index (Phi) is 6.46. The highest BCUT2D eigenvalue weighted by Gasteiger charge is 2.31. The Hall–Kier alpha value is -1.60. The molecule has 1 fully saturated rings. The smallest absolute Gasteiger partial charge is 0.243 e. The number of ether oxygens (including phenoxy) is 1. The van der Waals surface area contributed by atoms with E-state index in [0.717, 1.165) is 17.7 Å². The second-order valence-corrected chi connectivity index (χ2v) is 8.72. The summed E-state index contributed by atoms with van der Waals surface area (Å²) in [4.78, 5) is 11.5. The van der Waals surface area contributed by atoms with Crippen LogP contribution < -0.4 is 10.5 Å². The molecule has 1 aliphatic rings. The van der Waals surface area contributed by atoms with Gasteiger partial charge in [0.1, 0.15) is 5.75 Å². The van der Waals surface area contributed by atoms with Crippen LogP contribution in [0.4, 0.5) is 0 Å². The van der Waals surface area contributed by atoms with Crippen molar-refractivity contribution >= 4 is 15.9 Å². The summed E-state index contributed by atoms with van der Waals surface area (Å²) in [5.74, 6) is 0.310. The lowest BCUT2D eigenvalue weighted by Gasteiger charge is -2.30. The second kappa shape index (κ2) is 8.19. The van der Waals surface area contributed by atoms with Gasteiger partial charge in [0.15, 0.2) is 0 Å². The van der Waals surface area contributed by atoms with Gasteiger partial charge in [-0.25, -0.2) is 8.42 Å². The molecule has 25 heavy (non-hydrogen) atoms. The third-order valence-corrected chi connectivity index (χ3v) is 6.45. The number of rotatable bonds is 7. The minimum atomic E-state index is -3.58. The zero-order valence-electron chi connectivity index (χ0n) is 15.2. The molecule has 0 saturated carbocycles. The normalized spacial score (nSPS) is 17.0. The molecule has 0 unspecified atom stereocenters. The number of sulfonamides is 1. The third-order valence-electron chi connectivity index (χ3n) is 4.56. The van der Waals surface area contributed by atoms with Crippen LogP contribution in [0, 0.1) is 5.92 Å². The molecule has 0 spiro atoms. The van der Waals surface area contributed by atoms with Gasteiger partial charge < -0.3 is 10.5 Å². The van der Waals surface area contributed by atoms with E-state index in [2.05, 4.69) is 0 Å². The van der Waals surface area contributed by atoms with Gasteiger partial charge in [0.05, 0.1) is 11.5 Å². The molecule has 1 heterocycles. The van der Waals surface area contributed by atoms with Crippen molar-refractivity contribution in [1.29, 1.82) is 0 Å². The number of hydrogen-bond acceptors (Lipinski definition) is 4. The number of hydrogen-bond donors (Lipinski definition) is 1. The van der Waals surface area contributed by atoms with Gasteiger partial charge in [-0.3, -0.25) is 4.79 Å². The molecule has 1 aromatic carbocycles. The van der Waals surface area contributed by atoms with E-state index >= 15 is 0 Å². The summed E-state index contributed by atoms with van der Waals surface area (Å²) in [6.45, 7) is 7.31. The summed E-state index contributed by atoms with van der Waals surface area (Å²) in [6, 6.07) is 5.06. The van der Waals surface area contributed by atoms with Gasteiger partial charge in [-0.05, 0) is 48.9 Å². The van der Waals surface area contributed by atoms with E-state index in [4.69, 9.17) is 10.5 Å². The van der Waals surface area contributed by atoms with E-state index in [1.165, 1.54) is 4.31 Å². The maximum absolute atomic E-state index is 12.9. The summed E-state index contributed by atoms with van der Waals surface area (Å²) in [7, 11) is -3.58. The quantitative estimate of drug-likeness (QED) is 0.800. The number of nitrogens with two attached hydrogens (primary N) is 1. The molecule has 0 aromatic heterocycles. The average Bonchev–Trinajstić information content (AvgIpc) is 2.59. The number of carbonyl (C=O) groups excluding carboxylic acids is 1. The van der Waals surface area contributed by atoms with Gasteiger partial charge in [0.25, 0.3) is 0 Å². The van der Waals surface area contributed by atoms with Gasteiger partial charge in [-0.2, -0.15) is 4.31 Å². The molecule has 0 atom stereocenters. The highest BCUT2D eigenvalue weighted by Crippen LogP contribution is 2.31. The number of nitrogens with zero attached hydrogens (tertiary/aromatic N) is 1. The first-order chi connectivity index (χ1) is 11.8. The molecule has 6 nitrogen and oxygen atoms in total. The van der Waals surface area contributed by atoms with E-state index in [1.807, 2.05) is 20.8 Å². The zero-order valence-corrected chi connectivity index (χ0v) is 16.0. The van der Waals surface area contributed by atoms with Crippen LogP contribution in [0.3, 0.4) is 0 Å². The van der Waals surface area contributed by atoms with Crippen molar-refractivity contribution in [2.75, 3.05) is 19.7 Å². The van der Waals surface area contributed by atoms with Crippen LogP contribution in [0.25, 0.3) is 0 Å². The average molecular weight is 368 g/mol. The maximum atomic E-state index is 12.9. The number of amides is 1. The Morgan fingerprint density at radius 3 is 2.48 bits per heavy atom. The molecule has 0 aliphatic carbocycles. The predicted octanol–water partition coefficient (Wildman–Crippen LogP) is 2.48. The Balaban J connectivity index is 2.24. The highest BCUT2D eigenvalue weighted by atomic mass is 32.2. The lowest BCUT2D eigenvalue weighted by molar-refractivity contribution is -0.122.